The van der Waals surface area contributed by atoms with Crippen molar-refractivity contribution in [2.75, 3.05) is 59.3 Å². The summed E-state index contributed by atoms with van der Waals surface area (Å²) in [6.07, 6.45) is 15.3. The molecule has 0 spiro atoms. The van der Waals surface area contributed by atoms with Crippen molar-refractivity contribution in [3.05, 3.63) is 185 Å². The summed E-state index contributed by atoms with van der Waals surface area (Å²) >= 11 is 6.53. The van der Waals surface area contributed by atoms with Gasteiger partial charge in [0.15, 0.2) is 0 Å². The van der Waals surface area contributed by atoms with Crippen LogP contribution < -0.4 is 31.9 Å². The van der Waals surface area contributed by atoms with Crippen LogP contribution in [-0.4, -0.2) is 144 Å². The molecule has 2 aliphatic heterocycles. The first-order valence-electron chi connectivity index (χ1n) is 34.0. The number of ether oxygens (including phenoxy) is 2. The van der Waals surface area contributed by atoms with Crippen molar-refractivity contribution in [2.45, 2.75) is 189 Å². The smallest absolute Gasteiger partial charge is 0.252 e. The Hall–Kier alpha value is -7.73. The fourth-order valence-electron chi connectivity index (χ4n) is 11.6. The van der Waals surface area contributed by atoms with Gasteiger partial charge < -0.3 is 75.7 Å². The van der Waals surface area contributed by atoms with Gasteiger partial charge in [-0.1, -0.05) is 41.9 Å². The second-order valence-electron chi connectivity index (χ2n) is 26.3. The number of benzene rings is 4. The lowest BCUT2D eigenvalue weighted by Gasteiger charge is -2.24. The molecule has 4 aromatic carbocycles. The predicted octanol–water partition coefficient (Wildman–Crippen LogP) is 10.1. The molecule has 0 bridgehead atoms. The number of aryl methyl sites for hydroxylation is 7. The molecule has 0 saturated carbocycles. The van der Waals surface area contributed by atoms with Crippen LogP contribution in [0.2, 0.25) is 5.02 Å². The summed E-state index contributed by atoms with van der Waals surface area (Å²) < 4.78 is 21.6. The number of furan rings is 2. The van der Waals surface area contributed by atoms with Crippen LogP contribution in [0.25, 0.3) is 0 Å². The molecular weight excluding hydrogens is 1270 g/mol. The van der Waals surface area contributed by atoms with Crippen molar-refractivity contribution in [3.63, 3.8) is 0 Å². The summed E-state index contributed by atoms with van der Waals surface area (Å²) in [5.74, 6) is -0.153. The Morgan fingerprint density at radius 1 is 0.469 bits per heavy atom. The van der Waals surface area contributed by atoms with E-state index in [4.69, 9.17) is 45.2 Å². The zero-order valence-electron chi connectivity index (χ0n) is 58.9. The maximum absolute atomic E-state index is 12.8. The van der Waals surface area contributed by atoms with Gasteiger partial charge in [-0.3, -0.25) is 28.8 Å². The van der Waals surface area contributed by atoms with Crippen molar-refractivity contribution in [2.24, 2.45) is 0 Å². The van der Waals surface area contributed by atoms with Gasteiger partial charge in [0.1, 0.15) is 11.5 Å². The topological polar surface area (TPSA) is 320 Å². The minimum absolute atomic E-state index is 0.0918. The quantitative estimate of drug-likeness (QED) is 0.0187. The van der Waals surface area contributed by atoms with Crippen LogP contribution in [0.1, 0.15) is 216 Å². The van der Waals surface area contributed by atoms with Gasteiger partial charge in [-0.25, -0.2) is 0 Å². The Morgan fingerprint density at radius 3 is 1.16 bits per heavy atom. The lowest BCUT2D eigenvalue weighted by molar-refractivity contribution is 0.0848. The Morgan fingerprint density at radius 2 is 0.837 bits per heavy atom. The zero-order chi connectivity index (χ0) is 72.0. The van der Waals surface area contributed by atoms with Gasteiger partial charge in [0.2, 0.25) is 0 Å². The highest BCUT2D eigenvalue weighted by molar-refractivity contribution is 6.32. The fourth-order valence-corrected chi connectivity index (χ4v) is 11.9. The molecule has 2 atom stereocenters. The van der Waals surface area contributed by atoms with Gasteiger partial charge in [-0.15, -0.1) is 0 Å². The minimum atomic E-state index is -0.742. The van der Waals surface area contributed by atoms with Crippen LogP contribution in [0.4, 0.5) is 0 Å². The number of halogens is 1. The summed E-state index contributed by atoms with van der Waals surface area (Å²) in [5.41, 5.74) is 9.75. The van der Waals surface area contributed by atoms with E-state index >= 15 is 0 Å². The average molecular weight is 1380 g/mol. The van der Waals surface area contributed by atoms with E-state index in [9.17, 15) is 39.0 Å². The second-order valence-corrected chi connectivity index (χ2v) is 26.7. The molecule has 6 aromatic rings. The van der Waals surface area contributed by atoms with E-state index in [2.05, 4.69) is 44.0 Å². The first kappa shape index (κ1) is 80.9. The number of hydrogen-bond acceptors (Lipinski definition) is 15. The highest BCUT2D eigenvalue weighted by Gasteiger charge is 2.27. The third kappa shape index (κ3) is 25.8. The summed E-state index contributed by atoms with van der Waals surface area (Å²) in [6, 6.07) is 21.5. The van der Waals surface area contributed by atoms with Crippen molar-refractivity contribution < 1.29 is 72.6 Å². The number of amides is 6. The first-order chi connectivity index (χ1) is 46.8. The van der Waals surface area contributed by atoms with Gasteiger partial charge in [-0.2, -0.15) is 0 Å². The molecular formula is C76H105ClN6O15. The van der Waals surface area contributed by atoms with Crippen molar-refractivity contribution in [3.8, 4) is 0 Å². The third-order valence-corrected chi connectivity index (χ3v) is 17.3. The largest absolute Gasteiger partial charge is 0.467 e. The number of aliphatic hydroxyl groups excluding tert-OH is 5. The van der Waals surface area contributed by atoms with E-state index < -0.39 is 11.1 Å². The SMILES string of the molecule is CC(C)(CO)NC(=O)c1cccc(C(=O)NC(C)(C)CO)c1.Cc1cc(C)c(C(=O)NCC2CCCO2)c(C)c1C(=O)NCC1CCCO1.Cc1cc(C)c(C(=O)NCc2ccco2)c(C)c1C(=O)NCc1ccco1.OCCCCc1cc(CCCCO)c(Cl)c(CCCCO)c1. The molecule has 0 aliphatic carbocycles. The van der Waals surface area contributed by atoms with Gasteiger partial charge >= 0.3 is 0 Å². The van der Waals surface area contributed by atoms with Gasteiger partial charge in [0.05, 0.1) is 62.1 Å². The summed E-state index contributed by atoms with van der Waals surface area (Å²) in [7, 11) is 0. The van der Waals surface area contributed by atoms with E-state index in [0.29, 0.717) is 76.6 Å². The maximum atomic E-state index is 12.8. The van der Waals surface area contributed by atoms with Gasteiger partial charge in [-0.05, 0) is 245 Å². The molecule has 2 aromatic heterocycles. The number of nitrogens with one attached hydrogen (secondary N) is 6. The highest BCUT2D eigenvalue weighted by atomic mass is 35.5. The number of rotatable bonds is 30. The number of hydrogen-bond donors (Lipinski definition) is 11. The average Bonchev–Trinajstić information content (AvgIpc) is 0.890. The molecule has 21 nitrogen and oxygen atoms in total. The molecule has 2 fully saturated rings. The van der Waals surface area contributed by atoms with Crippen LogP contribution in [-0.2, 0) is 41.8 Å². The molecule has 0 radical (unpaired) electrons. The van der Waals surface area contributed by atoms with E-state index in [1.807, 2.05) is 46.8 Å². The van der Waals surface area contributed by atoms with Crippen molar-refractivity contribution in [1.82, 2.24) is 31.9 Å². The van der Waals surface area contributed by atoms with E-state index in [1.54, 1.807) is 89.6 Å². The molecule has 2 unspecified atom stereocenters. The van der Waals surface area contributed by atoms with E-state index in [0.717, 1.165) is 141 Å². The summed E-state index contributed by atoms with van der Waals surface area (Å²) in [4.78, 5) is 75.3. The number of carbonyl (C=O) groups excluding carboxylic acids is 6. The van der Waals surface area contributed by atoms with E-state index in [-0.39, 0.29) is 80.7 Å². The van der Waals surface area contributed by atoms with Crippen molar-refractivity contribution in [1.29, 1.82) is 0 Å². The van der Waals surface area contributed by atoms with Crippen LogP contribution in [0.15, 0.2) is 94.2 Å². The lowest BCUT2D eigenvalue weighted by atomic mass is 9.92. The molecule has 2 aliphatic rings. The predicted molar refractivity (Wildman–Crippen MR) is 379 cm³/mol. The molecule has 22 heteroatoms. The molecule has 98 heavy (non-hydrogen) atoms. The second kappa shape index (κ2) is 41.0. The van der Waals surface area contributed by atoms with Crippen LogP contribution in [0, 0.1) is 41.5 Å². The lowest BCUT2D eigenvalue weighted by Crippen LogP contribution is -2.47. The number of carbonyl (C=O) groups is 6. The maximum Gasteiger partial charge on any atom is 0.252 e. The Kier molecular flexibility index (Phi) is 33.9. The zero-order valence-corrected chi connectivity index (χ0v) is 59.7. The normalized spacial score (nSPS) is 14.2. The molecule has 8 rings (SSSR count). The molecule has 11 N–H and O–H groups in total. The summed E-state index contributed by atoms with van der Waals surface area (Å²) in [6.45, 7) is 21.4. The number of aliphatic hydroxyl groups is 5. The molecule has 2 saturated heterocycles. The monoisotopic (exact) mass is 1380 g/mol. The molecule has 4 heterocycles. The van der Waals surface area contributed by atoms with Gasteiger partial charge in [0, 0.05) is 84.5 Å². The molecule has 6 amide bonds. The fraction of sp³-hybridized carbons (Fsp3) is 0.500. The van der Waals surface area contributed by atoms with Crippen LogP contribution in [0.3, 0.4) is 0 Å². The van der Waals surface area contributed by atoms with Crippen molar-refractivity contribution >= 4 is 47.0 Å². The minimum Gasteiger partial charge on any atom is -0.467 e. The number of unbranched alkanes of at least 4 members (excludes halogenated alkanes) is 3. The third-order valence-electron chi connectivity index (χ3n) is 16.8. The van der Waals surface area contributed by atoms with Crippen LogP contribution >= 0.6 is 11.6 Å². The summed E-state index contributed by atoms with van der Waals surface area (Å²) in [5, 5.41) is 63.0. The Labute approximate surface area is 582 Å². The van der Waals surface area contributed by atoms with Gasteiger partial charge in [0.25, 0.3) is 35.4 Å². The standard InChI is InChI=1S/C21H30N2O4.C21H22N2O4.C18H29ClO3.C16H24N2O4/c2*1-13-10-14(2)19(21(25)23-12-17-7-5-9-27-17)15(3)18(13)20(24)22-11-16-6-4-8-26-16;19-18-16(8-2-5-11-21)13-15(7-1-4-10-20)14-17(18)9-3-6-12-22;1-15(2,9-19)17-13(21)11-6-5-7-12(8-11)14(22)18-16(3,4)10-20/h10,16-17H,4-9,11-12H2,1-3H3,(H,22,24)(H,23,25);4-10H,11-12H2,1-3H3,(H,22,24)(H,23,25);13-14,20-22H,1-12H2;5-8,19-20H,9-10H2,1-4H3,(H,17,21)(H,18,22). The highest BCUT2D eigenvalue weighted by Crippen LogP contribution is 2.29. The molecule has 536 valence electrons. The van der Waals surface area contributed by atoms with E-state index in [1.165, 1.54) is 11.6 Å². The van der Waals surface area contributed by atoms with Crippen LogP contribution in [0.5, 0.6) is 0 Å². The Bertz CT molecular complexity index is 3310. The first-order valence-corrected chi connectivity index (χ1v) is 34.4. The Balaban J connectivity index is 0.000000237.